The van der Waals surface area contributed by atoms with Gasteiger partial charge in [0, 0.05) is 5.75 Å². The van der Waals surface area contributed by atoms with Crippen LogP contribution in [0.5, 0.6) is 0 Å². The van der Waals surface area contributed by atoms with Gasteiger partial charge in [0.2, 0.25) is 0 Å². The normalized spacial score (nSPS) is 10.8. The van der Waals surface area contributed by atoms with Crippen LogP contribution in [0.15, 0.2) is 0 Å². The quantitative estimate of drug-likeness (QED) is 0.362. The van der Waals surface area contributed by atoms with Crippen LogP contribution < -0.4 is 5.73 Å². The molecule has 3 heteroatoms. The van der Waals surface area contributed by atoms with Crippen LogP contribution in [0.4, 0.5) is 4.79 Å². The molecule has 0 fully saturated rings. The smallest absolute Gasteiger partial charge is 0.276 e. The third-order valence-corrected chi connectivity index (χ3v) is 4.52. The van der Waals surface area contributed by atoms with Crippen molar-refractivity contribution in [3.8, 4) is 0 Å². The lowest BCUT2D eigenvalue weighted by Crippen LogP contribution is -2.02. The largest absolute Gasteiger partial charge is 0.361 e. The second kappa shape index (κ2) is 16.9. The molecular formula is C17H35NOS. The highest BCUT2D eigenvalue weighted by molar-refractivity contribution is 8.13. The van der Waals surface area contributed by atoms with Crippen molar-refractivity contribution in [3.05, 3.63) is 0 Å². The van der Waals surface area contributed by atoms with E-state index in [0.29, 0.717) is 0 Å². The molecule has 0 aromatic rings. The Bertz CT molecular complexity index is 209. The third kappa shape index (κ3) is 17.8. The summed E-state index contributed by atoms with van der Waals surface area (Å²) in [7, 11) is 0. The first-order valence-electron chi connectivity index (χ1n) is 8.69. The van der Waals surface area contributed by atoms with Gasteiger partial charge in [0.05, 0.1) is 0 Å². The first kappa shape index (κ1) is 19.8. The number of thioether (sulfide) groups is 1. The van der Waals surface area contributed by atoms with Crippen LogP contribution in [-0.2, 0) is 0 Å². The van der Waals surface area contributed by atoms with E-state index in [-0.39, 0.29) is 5.24 Å². The molecule has 2 N–H and O–H groups in total. The molecule has 0 aromatic heterocycles. The first-order valence-corrected chi connectivity index (χ1v) is 9.68. The number of nitrogens with two attached hydrogens (primary N) is 1. The Morgan fingerprint density at radius 2 is 1.05 bits per heavy atom. The molecule has 0 rings (SSSR count). The molecule has 0 aliphatic heterocycles. The predicted molar refractivity (Wildman–Crippen MR) is 92.4 cm³/mol. The van der Waals surface area contributed by atoms with E-state index in [9.17, 15) is 4.79 Å². The molecule has 120 valence electrons. The minimum absolute atomic E-state index is 0.236. The van der Waals surface area contributed by atoms with Gasteiger partial charge in [-0.05, 0) is 6.42 Å². The molecule has 20 heavy (non-hydrogen) atoms. The third-order valence-electron chi connectivity index (χ3n) is 3.74. The molecule has 0 heterocycles. The molecule has 0 atom stereocenters. The Balaban J connectivity index is 2.94. The lowest BCUT2D eigenvalue weighted by atomic mass is 10.0. The van der Waals surface area contributed by atoms with Crippen LogP contribution in [-0.4, -0.2) is 11.0 Å². The topological polar surface area (TPSA) is 43.1 Å². The Hall–Kier alpha value is -0.180. The zero-order chi connectivity index (χ0) is 14.9. The van der Waals surface area contributed by atoms with Gasteiger partial charge < -0.3 is 5.73 Å². The SMILES string of the molecule is CCCCCCCCCCCCCCCCSC(N)=O. The molecular weight excluding hydrogens is 266 g/mol. The van der Waals surface area contributed by atoms with Crippen molar-refractivity contribution in [3.63, 3.8) is 0 Å². The van der Waals surface area contributed by atoms with Crippen LogP contribution in [0, 0.1) is 0 Å². The van der Waals surface area contributed by atoms with Gasteiger partial charge in [0.25, 0.3) is 5.24 Å². The summed E-state index contributed by atoms with van der Waals surface area (Å²) in [6, 6.07) is 0. The number of carbonyl (C=O) groups is 1. The number of carbonyl (C=O) groups excluding carboxylic acids is 1. The molecule has 0 saturated carbocycles. The maximum Gasteiger partial charge on any atom is 0.276 e. The van der Waals surface area contributed by atoms with Crippen molar-refractivity contribution in [2.45, 2.75) is 96.8 Å². The zero-order valence-electron chi connectivity index (χ0n) is 13.5. The van der Waals surface area contributed by atoms with Crippen LogP contribution in [0.3, 0.4) is 0 Å². The zero-order valence-corrected chi connectivity index (χ0v) is 14.3. The Labute approximate surface area is 130 Å². The molecule has 0 spiro atoms. The Kier molecular flexibility index (Phi) is 16.7. The number of unbranched alkanes of at least 4 members (excludes halogenated alkanes) is 13. The number of hydrogen-bond donors (Lipinski definition) is 1. The summed E-state index contributed by atoms with van der Waals surface area (Å²) >= 11 is 1.25. The summed E-state index contributed by atoms with van der Waals surface area (Å²) < 4.78 is 0. The van der Waals surface area contributed by atoms with Crippen LogP contribution in [0.1, 0.15) is 96.8 Å². The van der Waals surface area contributed by atoms with Crippen LogP contribution in [0.2, 0.25) is 0 Å². The lowest BCUT2D eigenvalue weighted by molar-refractivity contribution is 0.267. The Morgan fingerprint density at radius 3 is 1.40 bits per heavy atom. The van der Waals surface area contributed by atoms with Crippen molar-refractivity contribution in [2.24, 2.45) is 5.73 Å². The van der Waals surface area contributed by atoms with Gasteiger partial charge in [-0.3, -0.25) is 4.79 Å². The summed E-state index contributed by atoms with van der Waals surface area (Å²) in [4.78, 5) is 10.5. The van der Waals surface area contributed by atoms with Crippen molar-refractivity contribution < 1.29 is 4.79 Å². The van der Waals surface area contributed by atoms with Gasteiger partial charge in [0.15, 0.2) is 0 Å². The maximum absolute atomic E-state index is 10.5. The summed E-state index contributed by atoms with van der Waals surface area (Å²) in [5.41, 5.74) is 5.07. The summed E-state index contributed by atoms with van der Waals surface area (Å²) in [5.74, 6) is 0.896. The van der Waals surface area contributed by atoms with Crippen molar-refractivity contribution in [2.75, 3.05) is 5.75 Å². The predicted octanol–water partition coefficient (Wildman–Crippen LogP) is 6.28. The number of primary amides is 1. The number of rotatable bonds is 15. The second-order valence-electron chi connectivity index (χ2n) is 5.76. The monoisotopic (exact) mass is 301 g/mol. The minimum atomic E-state index is -0.236. The lowest BCUT2D eigenvalue weighted by Gasteiger charge is -2.03. The van der Waals surface area contributed by atoms with E-state index in [4.69, 9.17) is 5.73 Å². The second-order valence-corrected chi connectivity index (χ2v) is 6.86. The van der Waals surface area contributed by atoms with E-state index in [2.05, 4.69) is 6.92 Å². The average Bonchev–Trinajstić information content (AvgIpc) is 2.43. The fraction of sp³-hybridized carbons (Fsp3) is 0.941. The van der Waals surface area contributed by atoms with Gasteiger partial charge in [-0.25, -0.2) is 0 Å². The summed E-state index contributed by atoms with van der Waals surface area (Å²) in [6.45, 7) is 2.27. The molecule has 0 aromatic carbocycles. The van der Waals surface area contributed by atoms with Gasteiger partial charge in [-0.1, -0.05) is 102 Å². The van der Waals surface area contributed by atoms with E-state index < -0.39 is 0 Å². The van der Waals surface area contributed by atoms with Crippen molar-refractivity contribution >= 4 is 17.0 Å². The standard InChI is InChI=1S/C17H35NOS/c1-2-3-4-5-6-7-8-9-10-11-12-13-14-15-16-20-17(18)19/h2-16H2,1H3,(H2,18,19). The highest BCUT2D eigenvalue weighted by Gasteiger charge is 1.96. The molecule has 0 bridgehead atoms. The molecule has 1 amide bonds. The van der Waals surface area contributed by atoms with Gasteiger partial charge in [0.1, 0.15) is 0 Å². The van der Waals surface area contributed by atoms with Crippen LogP contribution in [0.25, 0.3) is 0 Å². The van der Waals surface area contributed by atoms with Crippen LogP contribution >= 0.6 is 11.8 Å². The van der Waals surface area contributed by atoms with Crippen molar-refractivity contribution in [1.29, 1.82) is 0 Å². The minimum Gasteiger partial charge on any atom is -0.361 e. The number of hydrogen-bond acceptors (Lipinski definition) is 2. The Morgan fingerprint density at radius 1 is 0.700 bits per heavy atom. The van der Waals surface area contributed by atoms with E-state index in [1.165, 1.54) is 95.2 Å². The molecule has 0 aliphatic carbocycles. The first-order chi connectivity index (χ1) is 9.77. The highest BCUT2D eigenvalue weighted by atomic mass is 32.2. The summed E-state index contributed by atoms with van der Waals surface area (Å²) in [5, 5.41) is -0.236. The molecule has 0 unspecified atom stereocenters. The summed E-state index contributed by atoms with van der Waals surface area (Å²) in [6.07, 6.45) is 19.2. The molecule has 0 saturated heterocycles. The molecule has 2 nitrogen and oxygen atoms in total. The highest BCUT2D eigenvalue weighted by Crippen LogP contribution is 2.13. The maximum atomic E-state index is 10.5. The van der Waals surface area contributed by atoms with Gasteiger partial charge >= 0.3 is 0 Å². The molecule has 0 radical (unpaired) electrons. The van der Waals surface area contributed by atoms with E-state index >= 15 is 0 Å². The van der Waals surface area contributed by atoms with Crippen molar-refractivity contribution in [1.82, 2.24) is 0 Å². The van der Waals surface area contributed by atoms with E-state index in [0.717, 1.165) is 12.2 Å². The number of amides is 1. The van der Waals surface area contributed by atoms with E-state index in [1.54, 1.807) is 0 Å². The van der Waals surface area contributed by atoms with E-state index in [1.807, 2.05) is 0 Å². The average molecular weight is 302 g/mol. The van der Waals surface area contributed by atoms with Gasteiger partial charge in [-0.15, -0.1) is 0 Å². The fourth-order valence-electron chi connectivity index (χ4n) is 2.47. The molecule has 0 aliphatic rings. The van der Waals surface area contributed by atoms with Gasteiger partial charge in [-0.2, -0.15) is 0 Å². The fourth-order valence-corrected chi connectivity index (χ4v) is 3.02.